The highest BCUT2D eigenvalue weighted by atomic mass is 16.5. The van der Waals surface area contributed by atoms with E-state index in [2.05, 4.69) is 45.5 Å². The minimum Gasteiger partial charge on any atom is -0.361 e. The molecule has 25 heavy (non-hydrogen) atoms. The van der Waals surface area contributed by atoms with E-state index < -0.39 is 0 Å². The molecule has 1 aliphatic heterocycles. The Balaban J connectivity index is 1.56. The maximum atomic E-state index is 5.32. The van der Waals surface area contributed by atoms with Crippen LogP contribution in [0.5, 0.6) is 0 Å². The van der Waals surface area contributed by atoms with Gasteiger partial charge in [0.1, 0.15) is 11.5 Å². The molecular weight excluding hydrogens is 312 g/mol. The first-order chi connectivity index (χ1) is 12.3. The number of hydrogen-bond donors (Lipinski definition) is 0. The van der Waals surface area contributed by atoms with Crippen molar-refractivity contribution in [3.8, 4) is 0 Å². The van der Waals surface area contributed by atoms with E-state index in [0.29, 0.717) is 6.04 Å². The molecule has 0 unspecified atom stereocenters. The second kappa shape index (κ2) is 7.23. The molecule has 0 bridgehead atoms. The van der Waals surface area contributed by atoms with Gasteiger partial charge in [0.25, 0.3) is 0 Å². The molecule has 0 spiro atoms. The molecule has 5 heteroatoms. The van der Waals surface area contributed by atoms with Gasteiger partial charge in [-0.25, -0.2) is 0 Å². The van der Waals surface area contributed by atoms with Gasteiger partial charge in [0.15, 0.2) is 0 Å². The van der Waals surface area contributed by atoms with Gasteiger partial charge in [-0.3, -0.25) is 9.58 Å². The number of likely N-dealkylation sites (tertiary alicyclic amines) is 1. The summed E-state index contributed by atoms with van der Waals surface area (Å²) in [7, 11) is 0. The van der Waals surface area contributed by atoms with Gasteiger partial charge in [-0.05, 0) is 43.5 Å². The minimum absolute atomic E-state index is 0.351. The summed E-state index contributed by atoms with van der Waals surface area (Å²) >= 11 is 0. The monoisotopic (exact) mass is 336 g/mol. The van der Waals surface area contributed by atoms with Crippen molar-refractivity contribution in [3.63, 3.8) is 0 Å². The van der Waals surface area contributed by atoms with Crippen molar-refractivity contribution in [1.29, 1.82) is 0 Å². The van der Waals surface area contributed by atoms with E-state index >= 15 is 0 Å². The number of aryl methyl sites for hydroxylation is 1. The first-order valence-corrected chi connectivity index (χ1v) is 9.01. The first-order valence-electron chi connectivity index (χ1n) is 9.01. The lowest BCUT2D eigenvalue weighted by Gasteiger charge is -2.35. The van der Waals surface area contributed by atoms with Crippen LogP contribution in [0.3, 0.4) is 0 Å². The van der Waals surface area contributed by atoms with E-state index in [1.165, 1.54) is 24.0 Å². The van der Waals surface area contributed by atoms with Gasteiger partial charge < -0.3 is 4.52 Å². The van der Waals surface area contributed by atoms with Crippen LogP contribution in [0.15, 0.2) is 53.3 Å². The van der Waals surface area contributed by atoms with Crippen LogP contribution < -0.4 is 0 Å². The zero-order valence-electron chi connectivity index (χ0n) is 14.6. The zero-order valence-corrected chi connectivity index (χ0v) is 14.6. The van der Waals surface area contributed by atoms with Crippen molar-refractivity contribution >= 4 is 0 Å². The molecule has 0 N–H and O–H groups in total. The molecule has 0 radical (unpaired) electrons. The van der Waals surface area contributed by atoms with Crippen molar-refractivity contribution in [1.82, 2.24) is 19.8 Å². The molecule has 0 saturated carbocycles. The smallest absolute Gasteiger partial charge is 0.133 e. The van der Waals surface area contributed by atoms with Gasteiger partial charge in [0.2, 0.25) is 0 Å². The molecule has 1 aliphatic rings. The molecule has 1 fully saturated rings. The fourth-order valence-corrected chi connectivity index (χ4v) is 3.71. The van der Waals surface area contributed by atoms with Gasteiger partial charge in [0, 0.05) is 25.0 Å². The van der Waals surface area contributed by atoms with Crippen molar-refractivity contribution in [2.45, 2.75) is 45.3 Å². The van der Waals surface area contributed by atoms with Crippen LogP contribution in [-0.4, -0.2) is 26.4 Å². The number of aromatic nitrogens is 3. The first kappa shape index (κ1) is 16.1. The lowest BCUT2D eigenvalue weighted by Crippen LogP contribution is -2.33. The summed E-state index contributed by atoms with van der Waals surface area (Å²) in [5.41, 5.74) is 3.76. The van der Waals surface area contributed by atoms with Crippen molar-refractivity contribution in [3.05, 3.63) is 71.4 Å². The van der Waals surface area contributed by atoms with Gasteiger partial charge in [-0.1, -0.05) is 35.8 Å². The summed E-state index contributed by atoms with van der Waals surface area (Å²) < 4.78 is 7.30. The molecule has 130 valence electrons. The van der Waals surface area contributed by atoms with E-state index in [0.717, 1.165) is 37.5 Å². The minimum atomic E-state index is 0.351. The van der Waals surface area contributed by atoms with Crippen molar-refractivity contribution in [2.75, 3.05) is 6.54 Å². The maximum absolute atomic E-state index is 5.32. The fraction of sp³-hybridized carbons (Fsp3) is 0.400. The molecular formula is C20H24N4O. The molecule has 1 saturated heterocycles. The fourth-order valence-electron chi connectivity index (χ4n) is 3.71. The maximum Gasteiger partial charge on any atom is 0.133 e. The van der Waals surface area contributed by atoms with Crippen molar-refractivity contribution < 1.29 is 4.52 Å². The average molecular weight is 336 g/mol. The number of piperidine rings is 1. The molecule has 1 aromatic carbocycles. The number of rotatable bonds is 5. The predicted molar refractivity (Wildman–Crippen MR) is 96.0 cm³/mol. The molecule has 5 nitrogen and oxygen atoms in total. The Labute approximate surface area is 148 Å². The standard InChI is InChI=1S/C20H24N4O/c1-16-13-19(22-25-16)20-9-4-5-11-23(20)14-17-7-2-3-8-18(17)15-24-12-6-10-21-24/h2-3,6-8,10,12-13,20H,4-5,9,11,14-15H2,1H3/t20-/m0/s1. The van der Waals surface area contributed by atoms with Gasteiger partial charge >= 0.3 is 0 Å². The van der Waals surface area contributed by atoms with Crippen LogP contribution in [-0.2, 0) is 13.1 Å². The Morgan fingerprint density at radius 2 is 1.96 bits per heavy atom. The van der Waals surface area contributed by atoms with Crippen LogP contribution in [0.2, 0.25) is 0 Å². The lowest BCUT2D eigenvalue weighted by atomic mass is 9.97. The van der Waals surface area contributed by atoms with Gasteiger partial charge in [0.05, 0.1) is 12.6 Å². The van der Waals surface area contributed by atoms with Gasteiger partial charge in [-0.15, -0.1) is 0 Å². The normalized spacial score (nSPS) is 18.5. The Kier molecular flexibility index (Phi) is 4.65. The highest BCUT2D eigenvalue weighted by Crippen LogP contribution is 2.32. The Morgan fingerprint density at radius 3 is 2.68 bits per heavy atom. The third kappa shape index (κ3) is 3.66. The lowest BCUT2D eigenvalue weighted by molar-refractivity contribution is 0.133. The SMILES string of the molecule is Cc1cc([C@@H]2CCCCN2Cc2ccccc2Cn2cccn2)no1. The summed E-state index contributed by atoms with van der Waals surface area (Å²) in [5, 5.41) is 8.63. The topological polar surface area (TPSA) is 47.1 Å². The predicted octanol–water partition coefficient (Wildman–Crippen LogP) is 3.96. The largest absolute Gasteiger partial charge is 0.361 e. The zero-order chi connectivity index (χ0) is 17.1. The van der Waals surface area contributed by atoms with Crippen LogP contribution in [0, 0.1) is 6.92 Å². The summed E-state index contributed by atoms with van der Waals surface area (Å²) in [6.07, 6.45) is 7.48. The molecule has 3 heterocycles. The van der Waals surface area contributed by atoms with E-state index in [1.807, 2.05) is 30.1 Å². The Bertz CT molecular complexity index is 809. The Morgan fingerprint density at radius 1 is 1.12 bits per heavy atom. The second-order valence-electron chi connectivity index (χ2n) is 6.82. The summed E-state index contributed by atoms with van der Waals surface area (Å²) in [6, 6.07) is 13.1. The highest BCUT2D eigenvalue weighted by molar-refractivity contribution is 5.27. The highest BCUT2D eigenvalue weighted by Gasteiger charge is 2.27. The molecule has 0 amide bonds. The average Bonchev–Trinajstić information content (AvgIpc) is 3.29. The van der Waals surface area contributed by atoms with E-state index in [1.54, 1.807) is 0 Å². The van der Waals surface area contributed by atoms with Crippen LogP contribution >= 0.6 is 0 Å². The molecule has 4 rings (SSSR count). The molecule has 0 aliphatic carbocycles. The van der Waals surface area contributed by atoms with E-state index in [4.69, 9.17) is 4.52 Å². The van der Waals surface area contributed by atoms with Crippen LogP contribution in [0.1, 0.15) is 47.9 Å². The van der Waals surface area contributed by atoms with Crippen LogP contribution in [0.25, 0.3) is 0 Å². The van der Waals surface area contributed by atoms with Crippen molar-refractivity contribution in [2.24, 2.45) is 0 Å². The quantitative estimate of drug-likeness (QED) is 0.708. The van der Waals surface area contributed by atoms with E-state index in [-0.39, 0.29) is 0 Å². The molecule has 1 atom stereocenters. The number of nitrogens with zero attached hydrogens (tertiary/aromatic N) is 4. The third-order valence-electron chi connectivity index (χ3n) is 4.98. The van der Waals surface area contributed by atoms with Crippen LogP contribution in [0.4, 0.5) is 0 Å². The summed E-state index contributed by atoms with van der Waals surface area (Å²) in [4.78, 5) is 2.54. The van der Waals surface area contributed by atoms with Gasteiger partial charge in [-0.2, -0.15) is 5.10 Å². The summed E-state index contributed by atoms with van der Waals surface area (Å²) in [6.45, 7) is 4.81. The number of hydrogen-bond acceptors (Lipinski definition) is 4. The molecule has 3 aromatic rings. The number of benzene rings is 1. The Hall–Kier alpha value is -2.40. The summed E-state index contributed by atoms with van der Waals surface area (Å²) in [5.74, 6) is 0.889. The second-order valence-corrected chi connectivity index (χ2v) is 6.82. The molecule has 2 aromatic heterocycles. The third-order valence-corrected chi connectivity index (χ3v) is 4.98. The van der Waals surface area contributed by atoms with E-state index in [9.17, 15) is 0 Å².